The maximum absolute atomic E-state index is 13.0. The number of rotatable bonds is 4. The third-order valence-electron chi connectivity index (χ3n) is 4.97. The lowest BCUT2D eigenvalue weighted by atomic mass is 10.2. The van der Waals surface area contributed by atoms with Gasteiger partial charge in [-0.25, -0.2) is 4.98 Å². The average molecular weight is 412 g/mol. The molecule has 1 fully saturated rings. The molecule has 1 aliphatic heterocycles. The Kier molecular flexibility index (Phi) is 5.64. The summed E-state index contributed by atoms with van der Waals surface area (Å²) < 4.78 is 0. The molecule has 144 valence electrons. The monoisotopic (exact) mass is 411 g/mol. The Labute approximate surface area is 174 Å². The SMILES string of the molecule is Cc1nc(Cc2ccccc2)sc1C(=O)N1CCN(c2cccc(Cl)c2)CC1. The molecule has 3 aromatic rings. The minimum Gasteiger partial charge on any atom is -0.368 e. The highest BCUT2D eigenvalue weighted by Crippen LogP contribution is 2.25. The van der Waals surface area contributed by atoms with Gasteiger partial charge in [0.05, 0.1) is 10.7 Å². The second-order valence-electron chi connectivity index (χ2n) is 6.94. The first kappa shape index (κ1) is 19.0. The summed E-state index contributed by atoms with van der Waals surface area (Å²) in [6.07, 6.45) is 0.766. The number of piperazine rings is 1. The van der Waals surface area contributed by atoms with E-state index in [2.05, 4.69) is 28.1 Å². The van der Waals surface area contributed by atoms with Gasteiger partial charge < -0.3 is 9.80 Å². The van der Waals surface area contributed by atoms with Gasteiger partial charge in [-0.1, -0.05) is 48.0 Å². The zero-order valence-electron chi connectivity index (χ0n) is 15.8. The van der Waals surface area contributed by atoms with Crippen LogP contribution in [0, 0.1) is 6.92 Å². The Balaban J connectivity index is 1.41. The standard InChI is InChI=1S/C22H22ClN3OS/c1-16-21(28-20(24-16)14-17-6-3-2-4-7-17)22(27)26-12-10-25(11-13-26)19-9-5-8-18(23)15-19/h2-9,15H,10-14H2,1H3. The maximum Gasteiger partial charge on any atom is 0.265 e. The largest absolute Gasteiger partial charge is 0.368 e. The van der Waals surface area contributed by atoms with Crippen molar-refractivity contribution in [2.24, 2.45) is 0 Å². The molecule has 4 rings (SSSR count). The number of amides is 1. The van der Waals surface area contributed by atoms with Crippen molar-refractivity contribution in [2.45, 2.75) is 13.3 Å². The van der Waals surface area contributed by atoms with E-state index in [1.807, 2.05) is 48.2 Å². The van der Waals surface area contributed by atoms with Crippen molar-refractivity contribution in [1.29, 1.82) is 0 Å². The lowest BCUT2D eigenvalue weighted by Crippen LogP contribution is -2.48. The highest BCUT2D eigenvalue weighted by atomic mass is 35.5. The van der Waals surface area contributed by atoms with E-state index in [9.17, 15) is 4.79 Å². The summed E-state index contributed by atoms with van der Waals surface area (Å²) in [5.74, 6) is 0.0973. The zero-order chi connectivity index (χ0) is 19.5. The van der Waals surface area contributed by atoms with E-state index in [4.69, 9.17) is 11.6 Å². The van der Waals surface area contributed by atoms with Crippen molar-refractivity contribution >= 4 is 34.5 Å². The van der Waals surface area contributed by atoms with Crippen molar-refractivity contribution in [3.63, 3.8) is 0 Å². The average Bonchev–Trinajstić information content (AvgIpc) is 3.08. The lowest BCUT2D eigenvalue weighted by molar-refractivity contribution is 0.0750. The van der Waals surface area contributed by atoms with Crippen LogP contribution >= 0.6 is 22.9 Å². The third kappa shape index (κ3) is 4.21. The molecule has 0 bridgehead atoms. The number of halogens is 1. The highest BCUT2D eigenvalue weighted by molar-refractivity contribution is 7.13. The first-order valence-corrected chi connectivity index (χ1v) is 10.6. The second-order valence-corrected chi connectivity index (χ2v) is 8.46. The highest BCUT2D eigenvalue weighted by Gasteiger charge is 2.25. The molecule has 1 aliphatic rings. The molecule has 0 atom stereocenters. The fourth-order valence-electron chi connectivity index (χ4n) is 3.48. The Bertz CT molecular complexity index is 965. The van der Waals surface area contributed by atoms with Gasteiger partial charge in [0, 0.05) is 43.3 Å². The number of benzene rings is 2. The third-order valence-corrected chi connectivity index (χ3v) is 6.35. The van der Waals surface area contributed by atoms with Gasteiger partial charge in [0.25, 0.3) is 5.91 Å². The predicted octanol–water partition coefficient (Wildman–Crippen LogP) is 4.66. The van der Waals surface area contributed by atoms with Crippen LogP contribution < -0.4 is 4.90 Å². The van der Waals surface area contributed by atoms with Gasteiger partial charge in [0.15, 0.2) is 0 Å². The van der Waals surface area contributed by atoms with Crippen molar-refractivity contribution in [3.05, 3.63) is 80.8 Å². The van der Waals surface area contributed by atoms with Crippen LogP contribution in [0.5, 0.6) is 0 Å². The minimum atomic E-state index is 0.0973. The normalized spacial score (nSPS) is 14.4. The lowest BCUT2D eigenvalue weighted by Gasteiger charge is -2.36. The molecule has 1 aromatic heterocycles. The van der Waals surface area contributed by atoms with Crippen LogP contribution in [0.4, 0.5) is 5.69 Å². The molecule has 0 aliphatic carbocycles. The molecular formula is C22H22ClN3OS. The summed E-state index contributed by atoms with van der Waals surface area (Å²) in [7, 11) is 0. The molecule has 1 amide bonds. The maximum atomic E-state index is 13.0. The fraction of sp³-hybridized carbons (Fsp3) is 0.273. The van der Waals surface area contributed by atoms with E-state index < -0.39 is 0 Å². The summed E-state index contributed by atoms with van der Waals surface area (Å²) in [5, 5.41) is 1.73. The van der Waals surface area contributed by atoms with Gasteiger partial charge in [-0.15, -0.1) is 11.3 Å². The molecule has 1 saturated heterocycles. The summed E-state index contributed by atoms with van der Waals surface area (Å²) >= 11 is 7.63. The molecule has 0 unspecified atom stereocenters. The van der Waals surface area contributed by atoms with Crippen molar-refractivity contribution in [1.82, 2.24) is 9.88 Å². The quantitative estimate of drug-likeness (QED) is 0.626. The first-order chi connectivity index (χ1) is 13.6. The van der Waals surface area contributed by atoms with E-state index in [-0.39, 0.29) is 5.91 Å². The smallest absolute Gasteiger partial charge is 0.265 e. The van der Waals surface area contributed by atoms with Gasteiger partial charge in [0.1, 0.15) is 4.88 Å². The van der Waals surface area contributed by atoms with Gasteiger partial charge in [0.2, 0.25) is 0 Å². The van der Waals surface area contributed by atoms with E-state index in [0.29, 0.717) is 13.1 Å². The van der Waals surface area contributed by atoms with Crippen LogP contribution in [0.25, 0.3) is 0 Å². The molecule has 4 nitrogen and oxygen atoms in total. The Hall–Kier alpha value is -2.37. The zero-order valence-corrected chi connectivity index (χ0v) is 17.3. The molecule has 2 aromatic carbocycles. The van der Waals surface area contributed by atoms with Crippen molar-refractivity contribution in [3.8, 4) is 0 Å². The van der Waals surface area contributed by atoms with Gasteiger partial charge in [-0.3, -0.25) is 4.79 Å². The molecule has 0 spiro atoms. The fourth-order valence-corrected chi connectivity index (χ4v) is 4.73. The number of carbonyl (C=O) groups is 1. The van der Waals surface area contributed by atoms with Crippen LogP contribution in [-0.2, 0) is 6.42 Å². The molecule has 0 N–H and O–H groups in total. The number of nitrogens with zero attached hydrogens (tertiary/aromatic N) is 3. The Morgan fingerprint density at radius 2 is 1.82 bits per heavy atom. The van der Waals surface area contributed by atoms with E-state index in [1.165, 1.54) is 16.9 Å². The molecule has 0 radical (unpaired) electrons. The van der Waals surface area contributed by atoms with Gasteiger partial charge in [-0.05, 0) is 30.7 Å². The van der Waals surface area contributed by atoms with Crippen molar-refractivity contribution < 1.29 is 4.79 Å². The van der Waals surface area contributed by atoms with Crippen LogP contribution in [0.3, 0.4) is 0 Å². The number of carbonyl (C=O) groups excluding carboxylic acids is 1. The van der Waals surface area contributed by atoms with Gasteiger partial charge in [-0.2, -0.15) is 0 Å². The topological polar surface area (TPSA) is 36.4 Å². The molecular weight excluding hydrogens is 390 g/mol. The van der Waals surface area contributed by atoms with Crippen LogP contribution in [0.1, 0.15) is 25.9 Å². The Morgan fingerprint density at radius 1 is 1.07 bits per heavy atom. The van der Waals surface area contributed by atoms with Gasteiger partial charge >= 0.3 is 0 Å². The first-order valence-electron chi connectivity index (χ1n) is 9.40. The summed E-state index contributed by atoms with van der Waals surface area (Å²) in [6.45, 7) is 4.95. The van der Waals surface area contributed by atoms with Crippen LogP contribution in [0.15, 0.2) is 54.6 Å². The molecule has 6 heteroatoms. The molecule has 2 heterocycles. The van der Waals surface area contributed by atoms with E-state index in [1.54, 1.807) is 0 Å². The number of anilines is 1. The summed E-state index contributed by atoms with van der Waals surface area (Å²) in [5.41, 5.74) is 3.15. The van der Waals surface area contributed by atoms with Crippen LogP contribution in [0.2, 0.25) is 5.02 Å². The molecule has 0 saturated carbocycles. The summed E-state index contributed by atoms with van der Waals surface area (Å²) in [6, 6.07) is 18.1. The molecule has 28 heavy (non-hydrogen) atoms. The van der Waals surface area contributed by atoms with E-state index in [0.717, 1.165) is 45.8 Å². The van der Waals surface area contributed by atoms with Crippen LogP contribution in [-0.4, -0.2) is 42.0 Å². The van der Waals surface area contributed by atoms with Crippen molar-refractivity contribution in [2.75, 3.05) is 31.1 Å². The number of hydrogen-bond donors (Lipinski definition) is 0. The number of aromatic nitrogens is 1. The minimum absolute atomic E-state index is 0.0973. The predicted molar refractivity (Wildman–Crippen MR) is 116 cm³/mol. The van der Waals surface area contributed by atoms with E-state index >= 15 is 0 Å². The Morgan fingerprint density at radius 3 is 2.54 bits per heavy atom. The number of hydrogen-bond acceptors (Lipinski definition) is 4. The second kappa shape index (κ2) is 8.33. The number of thiazole rings is 1. The summed E-state index contributed by atoms with van der Waals surface area (Å²) in [4.78, 5) is 22.7. The number of aryl methyl sites for hydroxylation is 1.